The van der Waals surface area contributed by atoms with E-state index in [9.17, 15) is 14.4 Å². The molecule has 0 unspecified atom stereocenters. The molecule has 4 N–H and O–H groups in total. The Morgan fingerprint density at radius 1 is 1.47 bits per heavy atom. The highest BCUT2D eigenvalue weighted by Gasteiger charge is 2.22. The van der Waals surface area contributed by atoms with Crippen LogP contribution in [0.25, 0.3) is 0 Å². The third kappa shape index (κ3) is 4.28. The first-order valence-electron chi connectivity index (χ1n) is 4.63. The van der Waals surface area contributed by atoms with Gasteiger partial charge in [-0.3, -0.25) is 9.59 Å². The molecule has 0 radical (unpaired) electrons. The van der Waals surface area contributed by atoms with Crippen molar-refractivity contribution in [1.29, 1.82) is 0 Å². The van der Waals surface area contributed by atoms with Gasteiger partial charge in [0.25, 0.3) is 0 Å². The Bertz CT molecular complexity index is 416. The molecule has 0 aliphatic rings. The zero-order valence-electron chi connectivity index (χ0n) is 8.74. The highest BCUT2D eigenvalue weighted by atomic mass is 16.4. The number of hydrogen-bond acceptors (Lipinski definition) is 5. The maximum atomic E-state index is 11.4. The van der Waals surface area contributed by atoms with Crippen LogP contribution in [0.15, 0.2) is 12.4 Å². The average molecular weight is 241 g/mol. The van der Waals surface area contributed by atoms with E-state index < -0.39 is 30.2 Å². The van der Waals surface area contributed by atoms with E-state index in [0.717, 1.165) is 0 Å². The van der Waals surface area contributed by atoms with Gasteiger partial charge in [0.05, 0.1) is 12.6 Å². The first-order valence-corrected chi connectivity index (χ1v) is 4.63. The molecule has 0 fully saturated rings. The molecule has 9 heteroatoms. The average Bonchev–Trinajstić information content (AvgIpc) is 2.68. The van der Waals surface area contributed by atoms with Gasteiger partial charge in [0, 0.05) is 6.20 Å². The lowest BCUT2D eigenvalue weighted by atomic mass is 10.2. The lowest BCUT2D eigenvalue weighted by molar-refractivity contribution is -0.143. The Balaban J connectivity index is 2.52. The van der Waals surface area contributed by atoms with Crippen LogP contribution in [0.4, 0.5) is 0 Å². The number of amides is 2. The first kappa shape index (κ1) is 12.6. The predicted molar refractivity (Wildman–Crippen MR) is 53.4 cm³/mol. The maximum Gasteiger partial charge on any atom is 0.326 e. The van der Waals surface area contributed by atoms with Crippen LogP contribution in [0.3, 0.4) is 0 Å². The van der Waals surface area contributed by atoms with E-state index in [0.29, 0.717) is 0 Å². The number of hydrogen-bond donors (Lipinski definition) is 3. The minimum Gasteiger partial charge on any atom is -0.480 e. The third-order valence-electron chi connectivity index (χ3n) is 1.82. The molecule has 0 saturated carbocycles. The molecule has 0 aliphatic carbocycles. The zero-order valence-corrected chi connectivity index (χ0v) is 8.74. The van der Waals surface area contributed by atoms with Gasteiger partial charge in [-0.1, -0.05) is 5.21 Å². The molecule has 1 aromatic rings. The predicted octanol–water partition coefficient (Wildman–Crippen LogP) is -2.28. The summed E-state index contributed by atoms with van der Waals surface area (Å²) < 4.78 is 1.22. The van der Waals surface area contributed by atoms with E-state index in [4.69, 9.17) is 10.8 Å². The third-order valence-corrected chi connectivity index (χ3v) is 1.82. The van der Waals surface area contributed by atoms with Crippen LogP contribution >= 0.6 is 0 Å². The van der Waals surface area contributed by atoms with Crippen LogP contribution in [0, 0.1) is 0 Å². The monoisotopic (exact) mass is 241 g/mol. The molecule has 1 atom stereocenters. The fraction of sp³-hybridized carbons (Fsp3) is 0.375. The van der Waals surface area contributed by atoms with Gasteiger partial charge in [0.2, 0.25) is 11.8 Å². The summed E-state index contributed by atoms with van der Waals surface area (Å²) in [5.41, 5.74) is 4.86. The number of carboxylic acid groups (broad SMARTS) is 1. The zero-order chi connectivity index (χ0) is 12.8. The second kappa shape index (κ2) is 5.58. The summed E-state index contributed by atoms with van der Waals surface area (Å²) >= 11 is 0. The number of primary amides is 1. The second-order valence-electron chi connectivity index (χ2n) is 3.23. The van der Waals surface area contributed by atoms with Gasteiger partial charge in [-0.2, -0.15) is 0 Å². The molecular formula is C8H11N5O4. The smallest absolute Gasteiger partial charge is 0.326 e. The van der Waals surface area contributed by atoms with E-state index in [1.807, 2.05) is 0 Å². The summed E-state index contributed by atoms with van der Waals surface area (Å²) in [7, 11) is 0. The highest BCUT2D eigenvalue weighted by Crippen LogP contribution is 1.92. The van der Waals surface area contributed by atoms with Crippen molar-refractivity contribution in [3.8, 4) is 0 Å². The maximum absolute atomic E-state index is 11.4. The first-order chi connectivity index (χ1) is 7.99. The number of carbonyl (C=O) groups is 3. The van der Waals surface area contributed by atoms with E-state index in [-0.39, 0.29) is 6.54 Å². The van der Waals surface area contributed by atoms with Crippen molar-refractivity contribution in [1.82, 2.24) is 20.3 Å². The number of carboxylic acids is 1. The van der Waals surface area contributed by atoms with E-state index in [1.165, 1.54) is 17.1 Å². The van der Waals surface area contributed by atoms with Crippen LogP contribution in [0.2, 0.25) is 0 Å². The summed E-state index contributed by atoms with van der Waals surface area (Å²) in [4.78, 5) is 32.7. The minimum atomic E-state index is -1.33. The molecule has 17 heavy (non-hydrogen) atoms. The van der Waals surface area contributed by atoms with Crippen LogP contribution in [-0.4, -0.2) is 43.9 Å². The fourth-order valence-corrected chi connectivity index (χ4v) is 1.11. The van der Waals surface area contributed by atoms with Crippen molar-refractivity contribution in [2.45, 2.75) is 19.0 Å². The summed E-state index contributed by atoms with van der Waals surface area (Å²) in [6.45, 7) is -0.178. The van der Waals surface area contributed by atoms with Gasteiger partial charge in [0.15, 0.2) is 0 Å². The highest BCUT2D eigenvalue weighted by molar-refractivity contribution is 5.87. The van der Waals surface area contributed by atoms with Crippen LogP contribution in [-0.2, 0) is 20.9 Å². The van der Waals surface area contributed by atoms with Gasteiger partial charge < -0.3 is 16.2 Å². The van der Waals surface area contributed by atoms with Gasteiger partial charge in [0.1, 0.15) is 12.6 Å². The normalized spacial score (nSPS) is 11.8. The molecule has 1 aromatic heterocycles. The molecule has 1 heterocycles. The molecule has 9 nitrogen and oxygen atoms in total. The Morgan fingerprint density at radius 2 is 2.18 bits per heavy atom. The number of nitrogens with zero attached hydrogens (tertiary/aromatic N) is 3. The van der Waals surface area contributed by atoms with E-state index in [1.54, 1.807) is 0 Å². The Kier molecular flexibility index (Phi) is 4.14. The van der Waals surface area contributed by atoms with Gasteiger partial charge in [-0.25, -0.2) is 9.48 Å². The summed E-state index contributed by atoms with van der Waals surface area (Å²) in [5, 5.41) is 17.9. The second-order valence-corrected chi connectivity index (χ2v) is 3.23. The molecule has 92 valence electrons. The van der Waals surface area contributed by atoms with Gasteiger partial charge in [-0.05, 0) is 0 Å². The molecular weight excluding hydrogens is 230 g/mol. The minimum absolute atomic E-state index is 0.178. The SMILES string of the molecule is NC(=O)C[C@H](NC(=O)Cn1ccnn1)C(=O)O. The van der Waals surface area contributed by atoms with Crippen LogP contribution in [0.5, 0.6) is 0 Å². The summed E-state index contributed by atoms with van der Waals surface area (Å²) in [6, 6.07) is -1.33. The number of nitrogens with one attached hydrogen (secondary N) is 1. The summed E-state index contributed by atoms with van der Waals surface area (Å²) in [5.74, 6) is -2.72. The Morgan fingerprint density at radius 3 is 2.65 bits per heavy atom. The topological polar surface area (TPSA) is 140 Å². The number of nitrogens with two attached hydrogens (primary N) is 1. The van der Waals surface area contributed by atoms with Gasteiger partial charge in [-0.15, -0.1) is 5.10 Å². The molecule has 0 saturated heterocycles. The van der Waals surface area contributed by atoms with Crippen molar-refractivity contribution >= 4 is 17.8 Å². The lowest BCUT2D eigenvalue weighted by Crippen LogP contribution is -2.44. The van der Waals surface area contributed by atoms with Gasteiger partial charge >= 0.3 is 5.97 Å². The quantitative estimate of drug-likeness (QED) is 0.512. The number of aliphatic carboxylic acids is 1. The Hall–Kier alpha value is -2.45. The van der Waals surface area contributed by atoms with E-state index in [2.05, 4.69) is 15.6 Å². The molecule has 1 rings (SSSR count). The van der Waals surface area contributed by atoms with Crippen molar-refractivity contribution in [2.24, 2.45) is 5.73 Å². The molecule has 0 aromatic carbocycles. The number of rotatable bonds is 6. The summed E-state index contributed by atoms with van der Waals surface area (Å²) in [6.07, 6.45) is 2.37. The molecule has 0 bridgehead atoms. The molecule has 0 spiro atoms. The molecule has 0 aliphatic heterocycles. The van der Waals surface area contributed by atoms with Crippen LogP contribution < -0.4 is 11.1 Å². The van der Waals surface area contributed by atoms with Crippen LogP contribution in [0.1, 0.15) is 6.42 Å². The molecule has 2 amide bonds. The van der Waals surface area contributed by atoms with Crippen molar-refractivity contribution in [2.75, 3.05) is 0 Å². The number of aromatic nitrogens is 3. The van der Waals surface area contributed by atoms with Crippen molar-refractivity contribution in [3.63, 3.8) is 0 Å². The lowest BCUT2D eigenvalue weighted by Gasteiger charge is -2.12. The van der Waals surface area contributed by atoms with Crippen molar-refractivity contribution in [3.05, 3.63) is 12.4 Å². The fourth-order valence-electron chi connectivity index (χ4n) is 1.11. The van der Waals surface area contributed by atoms with Crippen molar-refractivity contribution < 1.29 is 19.5 Å². The largest absolute Gasteiger partial charge is 0.480 e. The number of carbonyl (C=O) groups excluding carboxylic acids is 2. The standard InChI is InChI=1S/C8H11N5O4/c9-6(14)3-5(8(16)17)11-7(15)4-13-2-1-10-12-13/h1-2,5H,3-4H2,(H2,9,14)(H,11,15)(H,16,17)/t5-/m0/s1. The Labute approximate surface area is 95.6 Å². The van der Waals surface area contributed by atoms with E-state index >= 15 is 0 Å².